The first-order valence-electron chi connectivity index (χ1n) is 8.47. The first-order valence-corrected chi connectivity index (χ1v) is 9.26. The number of halogens is 1. The molecule has 1 aliphatic heterocycles. The zero-order valence-corrected chi connectivity index (χ0v) is 17.2. The molecule has 1 aliphatic rings. The van der Waals surface area contributed by atoms with Gasteiger partial charge in [-0.2, -0.15) is 0 Å². The maximum atomic E-state index is 12.6. The van der Waals surface area contributed by atoms with Crippen molar-refractivity contribution < 1.29 is 19.2 Å². The summed E-state index contributed by atoms with van der Waals surface area (Å²) in [5.74, 6) is -1.59. The van der Waals surface area contributed by atoms with Crippen molar-refractivity contribution in [3.8, 4) is 0 Å². The molecule has 2 aromatic carbocycles. The summed E-state index contributed by atoms with van der Waals surface area (Å²) >= 11 is 3.37. The maximum Gasteiger partial charge on any atom is 0.261 e. The predicted octanol–water partition coefficient (Wildman–Crippen LogP) is 2.69. The van der Waals surface area contributed by atoms with Crippen LogP contribution >= 0.6 is 15.9 Å². The summed E-state index contributed by atoms with van der Waals surface area (Å²) in [5, 5.41) is 2.78. The van der Waals surface area contributed by atoms with Crippen LogP contribution < -0.4 is 5.32 Å². The number of nitrogens with one attached hydrogen (secondary N) is 1. The SMILES string of the molecule is Cc1cc(Br)ccc1NC(=O)CN(C)C(=O)c1ccc2c(c1)C(=O)N(C)C2=O. The van der Waals surface area contributed by atoms with Crippen LogP contribution in [0.5, 0.6) is 0 Å². The third-order valence-corrected chi connectivity index (χ3v) is 5.02. The van der Waals surface area contributed by atoms with Gasteiger partial charge < -0.3 is 10.2 Å². The highest BCUT2D eigenvalue weighted by Crippen LogP contribution is 2.23. The number of hydrogen-bond donors (Lipinski definition) is 1. The smallest absolute Gasteiger partial charge is 0.261 e. The van der Waals surface area contributed by atoms with Crippen molar-refractivity contribution in [3.63, 3.8) is 0 Å². The molecule has 0 bridgehead atoms. The number of likely N-dealkylation sites (N-methyl/N-ethyl adjacent to an activating group) is 1. The fourth-order valence-corrected chi connectivity index (χ4v) is 3.43. The number of carbonyl (C=O) groups is 4. The van der Waals surface area contributed by atoms with Crippen LogP contribution in [0.15, 0.2) is 40.9 Å². The molecule has 0 spiro atoms. The number of carbonyl (C=O) groups excluding carboxylic acids is 4. The van der Waals surface area contributed by atoms with E-state index in [4.69, 9.17) is 0 Å². The molecule has 1 N–H and O–H groups in total. The lowest BCUT2D eigenvalue weighted by molar-refractivity contribution is -0.116. The number of rotatable bonds is 4. The first-order chi connectivity index (χ1) is 13.2. The predicted molar refractivity (Wildman–Crippen MR) is 107 cm³/mol. The largest absolute Gasteiger partial charge is 0.332 e. The molecule has 0 aromatic heterocycles. The summed E-state index contributed by atoms with van der Waals surface area (Å²) in [6, 6.07) is 9.82. The minimum Gasteiger partial charge on any atom is -0.332 e. The van der Waals surface area contributed by atoms with Gasteiger partial charge in [-0.3, -0.25) is 24.1 Å². The van der Waals surface area contributed by atoms with Crippen LogP contribution in [-0.4, -0.2) is 54.1 Å². The Labute approximate surface area is 170 Å². The number of fused-ring (bicyclic) bond motifs is 1. The fourth-order valence-electron chi connectivity index (χ4n) is 2.96. The highest BCUT2D eigenvalue weighted by atomic mass is 79.9. The van der Waals surface area contributed by atoms with Gasteiger partial charge >= 0.3 is 0 Å². The van der Waals surface area contributed by atoms with Gasteiger partial charge in [-0.25, -0.2) is 0 Å². The number of benzene rings is 2. The number of imide groups is 1. The molecule has 4 amide bonds. The molecule has 2 aromatic rings. The second-order valence-electron chi connectivity index (χ2n) is 6.60. The number of amides is 4. The maximum absolute atomic E-state index is 12.6. The van der Waals surface area contributed by atoms with Crippen molar-refractivity contribution in [2.24, 2.45) is 0 Å². The molecule has 0 saturated carbocycles. The summed E-state index contributed by atoms with van der Waals surface area (Å²) in [6.45, 7) is 1.72. The lowest BCUT2D eigenvalue weighted by Crippen LogP contribution is -2.35. The third kappa shape index (κ3) is 3.68. The molecule has 144 valence electrons. The van der Waals surface area contributed by atoms with E-state index in [0.29, 0.717) is 5.69 Å². The van der Waals surface area contributed by atoms with Crippen molar-refractivity contribution >= 4 is 45.2 Å². The molecule has 0 saturated heterocycles. The molecule has 0 aliphatic carbocycles. The minimum absolute atomic E-state index is 0.155. The zero-order valence-electron chi connectivity index (χ0n) is 15.6. The Morgan fingerprint density at radius 3 is 2.43 bits per heavy atom. The van der Waals surface area contributed by atoms with E-state index < -0.39 is 17.7 Å². The lowest BCUT2D eigenvalue weighted by Gasteiger charge is -2.18. The van der Waals surface area contributed by atoms with Crippen LogP contribution in [0.1, 0.15) is 36.6 Å². The van der Waals surface area contributed by atoms with Gasteiger partial charge in [0.25, 0.3) is 17.7 Å². The Kier molecular flexibility index (Phi) is 5.33. The average molecular weight is 444 g/mol. The van der Waals surface area contributed by atoms with E-state index in [1.807, 2.05) is 19.1 Å². The molecule has 28 heavy (non-hydrogen) atoms. The van der Waals surface area contributed by atoms with Crippen LogP contribution in [0, 0.1) is 6.92 Å². The second kappa shape index (κ2) is 7.55. The Balaban J connectivity index is 1.70. The highest BCUT2D eigenvalue weighted by Gasteiger charge is 2.33. The van der Waals surface area contributed by atoms with Crippen LogP contribution in [0.3, 0.4) is 0 Å². The quantitative estimate of drug-likeness (QED) is 0.735. The van der Waals surface area contributed by atoms with Gasteiger partial charge in [-0.15, -0.1) is 0 Å². The number of anilines is 1. The van der Waals surface area contributed by atoms with E-state index in [-0.39, 0.29) is 29.1 Å². The van der Waals surface area contributed by atoms with Crippen molar-refractivity contribution in [2.75, 3.05) is 26.0 Å². The summed E-state index contributed by atoms with van der Waals surface area (Å²) in [7, 11) is 2.90. The Bertz CT molecular complexity index is 1020. The van der Waals surface area contributed by atoms with E-state index in [1.54, 1.807) is 6.07 Å². The number of hydrogen-bond acceptors (Lipinski definition) is 4. The monoisotopic (exact) mass is 443 g/mol. The molecule has 0 atom stereocenters. The summed E-state index contributed by atoms with van der Waals surface area (Å²) in [4.78, 5) is 51.3. The molecule has 3 rings (SSSR count). The van der Waals surface area contributed by atoms with E-state index >= 15 is 0 Å². The molecule has 0 fully saturated rings. The molecule has 7 nitrogen and oxygen atoms in total. The summed E-state index contributed by atoms with van der Waals surface area (Å²) in [5.41, 5.74) is 2.27. The van der Waals surface area contributed by atoms with Crippen LogP contribution in [0.25, 0.3) is 0 Å². The van der Waals surface area contributed by atoms with E-state index in [9.17, 15) is 19.2 Å². The van der Waals surface area contributed by atoms with Crippen molar-refractivity contribution in [3.05, 3.63) is 63.1 Å². The van der Waals surface area contributed by atoms with Crippen LogP contribution in [-0.2, 0) is 4.79 Å². The lowest BCUT2D eigenvalue weighted by atomic mass is 10.0. The van der Waals surface area contributed by atoms with Gasteiger partial charge in [-0.05, 0) is 48.9 Å². The third-order valence-electron chi connectivity index (χ3n) is 4.53. The van der Waals surface area contributed by atoms with Gasteiger partial charge in [0.1, 0.15) is 0 Å². The summed E-state index contributed by atoms with van der Waals surface area (Å²) in [6.07, 6.45) is 0. The van der Waals surface area contributed by atoms with Gasteiger partial charge in [0.15, 0.2) is 0 Å². The van der Waals surface area contributed by atoms with Crippen LogP contribution in [0.4, 0.5) is 5.69 Å². The number of nitrogens with zero attached hydrogens (tertiary/aromatic N) is 2. The average Bonchev–Trinajstić information content (AvgIpc) is 2.87. The second-order valence-corrected chi connectivity index (χ2v) is 7.51. The first kappa shape index (κ1) is 19.8. The molecule has 0 unspecified atom stereocenters. The van der Waals surface area contributed by atoms with E-state index in [1.165, 1.54) is 37.2 Å². The van der Waals surface area contributed by atoms with Crippen LogP contribution in [0.2, 0.25) is 0 Å². The molecular formula is C20H18BrN3O4. The zero-order chi connectivity index (χ0) is 20.6. The van der Waals surface area contributed by atoms with Gasteiger partial charge in [-0.1, -0.05) is 15.9 Å². The molecular weight excluding hydrogens is 426 g/mol. The summed E-state index contributed by atoms with van der Waals surface area (Å²) < 4.78 is 0.908. The standard InChI is InChI=1S/C20H18BrN3O4/c1-11-8-13(21)5-7-16(11)22-17(25)10-23(2)18(26)12-4-6-14-15(9-12)20(28)24(3)19(14)27/h4-9H,10H2,1-3H3,(H,22,25). The van der Waals surface area contributed by atoms with E-state index in [0.717, 1.165) is 14.9 Å². The Morgan fingerprint density at radius 1 is 1.07 bits per heavy atom. The van der Waals surface area contributed by atoms with Crippen molar-refractivity contribution in [1.82, 2.24) is 9.80 Å². The van der Waals surface area contributed by atoms with Gasteiger partial charge in [0.2, 0.25) is 5.91 Å². The Morgan fingerprint density at radius 2 is 1.75 bits per heavy atom. The molecule has 0 radical (unpaired) electrons. The molecule has 8 heteroatoms. The number of aryl methyl sites for hydroxylation is 1. The van der Waals surface area contributed by atoms with Gasteiger partial charge in [0, 0.05) is 29.8 Å². The fraction of sp³-hybridized carbons (Fsp3) is 0.200. The minimum atomic E-state index is -0.444. The van der Waals surface area contributed by atoms with Gasteiger partial charge in [0.05, 0.1) is 17.7 Å². The molecule has 1 heterocycles. The Hall–Kier alpha value is -3.00. The van der Waals surface area contributed by atoms with E-state index in [2.05, 4.69) is 21.2 Å². The normalized spacial score (nSPS) is 12.8. The van der Waals surface area contributed by atoms with Crippen molar-refractivity contribution in [1.29, 1.82) is 0 Å². The van der Waals surface area contributed by atoms with Crippen molar-refractivity contribution in [2.45, 2.75) is 6.92 Å². The topological polar surface area (TPSA) is 86.8 Å². The highest BCUT2D eigenvalue weighted by molar-refractivity contribution is 9.10.